The smallest absolute Gasteiger partial charge is 0.406 e. The SMILES string of the molecule is CSc1nc2nnc3c(=O)n(-c4ccc(OC(F)(F)F)cc4)ccc3n2n1. The monoisotopic (exact) mass is 394 g/mol. The molecule has 0 amide bonds. The summed E-state index contributed by atoms with van der Waals surface area (Å²) in [5.41, 5.74) is 0.332. The molecule has 27 heavy (non-hydrogen) atoms. The maximum Gasteiger partial charge on any atom is 0.573 e. The van der Waals surface area contributed by atoms with Crippen LogP contribution in [0, 0.1) is 0 Å². The van der Waals surface area contributed by atoms with Crippen molar-refractivity contribution in [3.05, 3.63) is 46.9 Å². The van der Waals surface area contributed by atoms with Crippen LogP contribution in [0.4, 0.5) is 13.2 Å². The van der Waals surface area contributed by atoms with Crippen molar-refractivity contribution in [2.75, 3.05) is 6.26 Å². The molecule has 4 aromatic rings. The predicted molar refractivity (Wildman–Crippen MR) is 90.1 cm³/mol. The number of alkyl halides is 3. The van der Waals surface area contributed by atoms with Crippen molar-refractivity contribution in [1.29, 1.82) is 0 Å². The molecule has 0 aliphatic carbocycles. The average Bonchev–Trinajstić information content (AvgIpc) is 3.05. The van der Waals surface area contributed by atoms with Gasteiger partial charge in [-0.25, -0.2) is 0 Å². The van der Waals surface area contributed by atoms with Crippen molar-refractivity contribution in [2.24, 2.45) is 0 Å². The third-order valence-electron chi connectivity index (χ3n) is 3.61. The Labute approximate surface area is 152 Å². The summed E-state index contributed by atoms with van der Waals surface area (Å²) in [5.74, 6) is -0.119. The topological polar surface area (TPSA) is 87.2 Å². The molecule has 0 fully saturated rings. The quantitative estimate of drug-likeness (QED) is 0.493. The number of halogens is 3. The normalized spacial score (nSPS) is 12.0. The van der Waals surface area contributed by atoms with E-state index in [1.54, 1.807) is 6.07 Å². The van der Waals surface area contributed by atoms with Crippen molar-refractivity contribution in [1.82, 2.24) is 29.4 Å². The zero-order valence-electron chi connectivity index (χ0n) is 13.5. The molecule has 0 saturated heterocycles. The molecule has 0 aliphatic rings. The van der Waals surface area contributed by atoms with Gasteiger partial charge in [0.1, 0.15) is 11.3 Å². The van der Waals surface area contributed by atoms with Crippen molar-refractivity contribution in [3.8, 4) is 11.4 Å². The Morgan fingerprint density at radius 3 is 2.52 bits per heavy atom. The van der Waals surface area contributed by atoms with Gasteiger partial charge in [0, 0.05) is 11.9 Å². The van der Waals surface area contributed by atoms with Crippen LogP contribution in [-0.4, -0.2) is 42.0 Å². The van der Waals surface area contributed by atoms with Gasteiger partial charge in [0.05, 0.1) is 0 Å². The van der Waals surface area contributed by atoms with Crippen LogP contribution in [0.5, 0.6) is 5.75 Å². The molecule has 0 N–H and O–H groups in total. The van der Waals surface area contributed by atoms with Gasteiger partial charge in [0.2, 0.25) is 5.16 Å². The molecule has 1 aromatic carbocycles. The minimum atomic E-state index is -4.78. The number of fused-ring (bicyclic) bond motifs is 3. The highest BCUT2D eigenvalue weighted by atomic mass is 32.2. The molecule has 3 heterocycles. The van der Waals surface area contributed by atoms with Crippen LogP contribution in [0.2, 0.25) is 0 Å². The zero-order valence-corrected chi connectivity index (χ0v) is 14.3. The van der Waals surface area contributed by atoms with E-state index in [9.17, 15) is 18.0 Å². The molecule has 8 nitrogen and oxygen atoms in total. The van der Waals surface area contributed by atoms with E-state index in [2.05, 4.69) is 25.0 Å². The lowest BCUT2D eigenvalue weighted by molar-refractivity contribution is -0.274. The molecule has 0 unspecified atom stereocenters. The van der Waals surface area contributed by atoms with Gasteiger partial charge < -0.3 is 4.74 Å². The van der Waals surface area contributed by atoms with Crippen LogP contribution in [0.25, 0.3) is 22.5 Å². The highest BCUT2D eigenvalue weighted by Gasteiger charge is 2.31. The van der Waals surface area contributed by atoms with Gasteiger partial charge in [-0.2, -0.15) is 9.50 Å². The summed E-state index contributed by atoms with van der Waals surface area (Å²) >= 11 is 1.33. The number of ether oxygens (including phenoxy) is 1. The highest BCUT2D eigenvalue weighted by molar-refractivity contribution is 7.98. The number of rotatable bonds is 3. The summed E-state index contributed by atoms with van der Waals surface area (Å²) in [6.07, 6.45) is -1.49. The van der Waals surface area contributed by atoms with E-state index < -0.39 is 11.9 Å². The van der Waals surface area contributed by atoms with Gasteiger partial charge in [-0.1, -0.05) is 11.8 Å². The number of thioether (sulfide) groups is 1. The molecule has 138 valence electrons. The number of pyridine rings is 1. The number of aromatic nitrogens is 6. The molecule has 12 heteroatoms. The number of hydrogen-bond donors (Lipinski definition) is 0. The summed E-state index contributed by atoms with van der Waals surface area (Å²) in [5, 5.41) is 12.5. The van der Waals surface area contributed by atoms with Gasteiger partial charge in [-0.05, 0) is 36.6 Å². The summed E-state index contributed by atoms with van der Waals surface area (Å²) in [6.45, 7) is 0. The molecule has 0 saturated carbocycles. The molecule has 0 atom stereocenters. The third-order valence-corrected chi connectivity index (χ3v) is 4.15. The molecule has 0 aliphatic heterocycles. The molecule has 0 radical (unpaired) electrons. The Kier molecular flexibility index (Phi) is 3.98. The van der Waals surface area contributed by atoms with E-state index in [1.807, 2.05) is 6.26 Å². The van der Waals surface area contributed by atoms with Crippen LogP contribution in [0.15, 0.2) is 46.5 Å². The van der Waals surface area contributed by atoms with Crippen LogP contribution < -0.4 is 10.3 Å². The van der Waals surface area contributed by atoms with Crippen LogP contribution in [0.3, 0.4) is 0 Å². The summed E-state index contributed by atoms with van der Waals surface area (Å²) in [4.78, 5) is 16.9. The first kappa shape index (κ1) is 17.3. The number of hydrogen-bond acceptors (Lipinski definition) is 7. The fourth-order valence-corrected chi connectivity index (χ4v) is 2.82. The van der Waals surface area contributed by atoms with E-state index in [4.69, 9.17) is 0 Å². The second-order valence-corrected chi connectivity index (χ2v) is 6.05. The molecular weight excluding hydrogens is 385 g/mol. The summed E-state index contributed by atoms with van der Waals surface area (Å²) in [6, 6.07) is 6.52. The Morgan fingerprint density at radius 1 is 1.11 bits per heavy atom. The van der Waals surface area contributed by atoms with Gasteiger partial charge in [-0.15, -0.1) is 28.5 Å². The Bertz CT molecular complexity index is 1200. The van der Waals surface area contributed by atoms with Gasteiger partial charge in [0.25, 0.3) is 11.3 Å². The maximum atomic E-state index is 12.7. The average molecular weight is 394 g/mol. The fourth-order valence-electron chi connectivity index (χ4n) is 2.49. The van der Waals surface area contributed by atoms with E-state index in [0.717, 1.165) is 12.1 Å². The zero-order chi connectivity index (χ0) is 19.2. The molecule has 0 bridgehead atoms. The van der Waals surface area contributed by atoms with Gasteiger partial charge in [-0.3, -0.25) is 9.36 Å². The van der Waals surface area contributed by atoms with E-state index in [0.29, 0.717) is 16.4 Å². The van der Waals surface area contributed by atoms with Crippen LogP contribution >= 0.6 is 11.8 Å². The predicted octanol–water partition coefficient (Wildman–Crippen LogP) is 2.44. The van der Waals surface area contributed by atoms with Crippen molar-refractivity contribution in [3.63, 3.8) is 0 Å². The molecule has 4 rings (SSSR count). The van der Waals surface area contributed by atoms with Crippen molar-refractivity contribution in [2.45, 2.75) is 11.5 Å². The second-order valence-electron chi connectivity index (χ2n) is 5.28. The number of nitrogens with zero attached hydrogens (tertiary/aromatic N) is 6. The second kappa shape index (κ2) is 6.23. The van der Waals surface area contributed by atoms with E-state index in [1.165, 1.54) is 39.2 Å². The lowest BCUT2D eigenvalue weighted by Gasteiger charge is -2.10. The maximum absolute atomic E-state index is 12.7. The van der Waals surface area contributed by atoms with Gasteiger partial charge >= 0.3 is 6.36 Å². The van der Waals surface area contributed by atoms with Crippen LogP contribution in [0.1, 0.15) is 0 Å². The first-order chi connectivity index (χ1) is 12.9. The Hall–Kier alpha value is -3.15. The first-order valence-electron chi connectivity index (χ1n) is 7.41. The lowest BCUT2D eigenvalue weighted by Crippen LogP contribution is -2.20. The Morgan fingerprint density at radius 2 is 1.85 bits per heavy atom. The highest BCUT2D eigenvalue weighted by Crippen LogP contribution is 2.23. The lowest BCUT2D eigenvalue weighted by atomic mass is 10.3. The molecule has 3 aromatic heterocycles. The summed E-state index contributed by atoms with van der Waals surface area (Å²) in [7, 11) is 0. The number of benzene rings is 1. The summed E-state index contributed by atoms with van der Waals surface area (Å²) < 4.78 is 43.2. The molecular formula is C15H9F3N6O2S. The third kappa shape index (κ3) is 3.18. The molecule has 0 spiro atoms. The largest absolute Gasteiger partial charge is 0.573 e. The van der Waals surface area contributed by atoms with Crippen LogP contribution in [-0.2, 0) is 0 Å². The minimum Gasteiger partial charge on any atom is -0.406 e. The van der Waals surface area contributed by atoms with E-state index in [-0.39, 0.29) is 17.0 Å². The van der Waals surface area contributed by atoms with Crippen molar-refractivity contribution >= 4 is 28.6 Å². The van der Waals surface area contributed by atoms with E-state index >= 15 is 0 Å². The Balaban J connectivity index is 1.80. The van der Waals surface area contributed by atoms with Gasteiger partial charge in [0.15, 0.2) is 5.52 Å². The standard InChI is InChI=1S/C15H9F3N6O2S/c1-27-14-19-13-21-20-11-10(24(13)22-14)6-7-23(12(11)25)8-2-4-9(5-3-8)26-15(16,17)18/h2-7H,1H3. The minimum absolute atomic E-state index is 0.0539. The van der Waals surface area contributed by atoms with Crippen molar-refractivity contribution < 1.29 is 17.9 Å². The fraction of sp³-hybridized carbons (Fsp3) is 0.133. The first-order valence-corrected chi connectivity index (χ1v) is 8.63.